The van der Waals surface area contributed by atoms with Crippen molar-refractivity contribution in [2.75, 3.05) is 18.5 Å². The second-order valence-electron chi connectivity index (χ2n) is 8.61. The van der Waals surface area contributed by atoms with Gasteiger partial charge in [0, 0.05) is 21.5 Å². The molecule has 2 aromatic carbocycles. The number of fused-ring (bicyclic) bond motifs is 2. The summed E-state index contributed by atoms with van der Waals surface area (Å²) in [6.45, 7) is 1.73. The lowest BCUT2D eigenvalue weighted by molar-refractivity contribution is -0.118. The van der Waals surface area contributed by atoms with Gasteiger partial charge in [0.05, 0.1) is 17.6 Å². The van der Waals surface area contributed by atoms with Crippen LogP contribution in [0.3, 0.4) is 0 Å². The molecule has 1 aliphatic carbocycles. The Hall–Kier alpha value is -3.62. The lowest BCUT2D eigenvalue weighted by Crippen LogP contribution is -2.21. The molecule has 0 aliphatic heterocycles. The normalized spacial score (nSPS) is 12.7. The third-order valence-electron chi connectivity index (χ3n) is 6.10. The van der Waals surface area contributed by atoms with Crippen LogP contribution >= 0.6 is 22.9 Å². The van der Waals surface area contributed by atoms with Crippen molar-refractivity contribution in [3.05, 3.63) is 79.8 Å². The van der Waals surface area contributed by atoms with E-state index < -0.39 is 11.9 Å². The first-order valence-corrected chi connectivity index (χ1v) is 13.2. The Labute approximate surface area is 222 Å². The van der Waals surface area contributed by atoms with Crippen LogP contribution in [0, 0.1) is 0 Å². The number of esters is 1. The number of benzene rings is 2. The SMILES string of the molecule is CCOC(=O)c1c(NC(=O)COc2ccc3oc(-c4ccc(Cl)cc4)cc(=O)c3c2)sc2c1CCCC2. The van der Waals surface area contributed by atoms with Crippen LogP contribution in [0.25, 0.3) is 22.3 Å². The second-order valence-corrected chi connectivity index (χ2v) is 10.2. The Bertz CT molecular complexity index is 1540. The summed E-state index contributed by atoms with van der Waals surface area (Å²) in [7, 11) is 0. The number of carbonyl (C=O) groups excluding carboxylic acids is 2. The number of ether oxygens (including phenoxy) is 2. The predicted octanol–water partition coefficient (Wildman–Crippen LogP) is 6.25. The number of hydrogen-bond donors (Lipinski definition) is 1. The molecule has 0 saturated carbocycles. The molecule has 0 atom stereocenters. The van der Waals surface area contributed by atoms with E-state index in [1.807, 2.05) is 0 Å². The van der Waals surface area contributed by atoms with Crippen LogP contribution in [-0.4, -0.2) is 25.1 Å². The van der Waals surface area contributed by atoms with Crippen molar-refractivity contribution >= 4 is 50.8 Å². The highest BCUT2D eigenvalue weighted by Gasteiger charge is 2.27. The Morgan fingerprint density at radius 2 is 1.86 bits per heavy atom. The van der Waals surface area contributed by atoms with Gasteiger partial charge in [-0.25, -0.2) is 4.79 Å². The number of rotatable bonds is 7. The molecule has 5 rings (SSSR count). The number of anilines is 1. The molecule has 0 radical (unpaired) electrons. The number of thiophene rings is 1. The van der Waals surface area contributed by atoms with Gasteiger partial charge in [-0.05, 0) is 80.6 Å². The van der Waals surface area contributed by atoms with Crippen LogP contribution in [-0.2, 0) is 22.4 Å². The molecule has 1 N–H and O–H groups in total. The van der Waals surface area contributed by atoms with Crippen molar-refractivity contribution in [2.45, 2.75) is 32.6 Å². The summed E-state index contributed by atoms with van der Waals surface area (Å²) < 4.78 is 16.8. The van der Waals surface area contributed by atoms with E-state index in [9.17, 15) is 14.4 Å². The zero-order valence-corrected chi connectivity index (χ0v) is 21.7. The molecule has 190 valence electrons. The number of carbonyl (C=O) groups is 2. The van der Waals surface area contributed by atoms with E-state index >= 15 is 0 Å². The maximum Gasteiger partial charge on any atom is 0.341 e. The highest BCUT2D eigenvalue weighted by Crippen LogP contribution is 2.38. The van der Waals surface area contributed by atoms with Gasteiger partial charge in [-0.2, -0.15) is 0 Å². The fourth-order valence-corrected chi connectivity index (χ4v) is 5.79. The first-order chi connectivity index (χ1) is 17.9. The first-order valence-electron chi connectivity index (χ1n) is 12.0. The van der Waals surface area contributed by atoms with Crippen LogP contribution in [0.2, 0.25) is 5.02 Å². The predicted molar refractivity (Wildman–Crippen MR) is 144 cm³/mol. The standard InChI is InChI=1S/C28H24ClNO6S/c1-2-34-28(33)26-19-5-3-4-6-24(19)37-27(26)30-25(32)15-35-18-11-12-22-20(13-18)21(31)14-23(36-22)16-7-9-17(29)10-8-16/h7-14H,2-6,15H2,1H3,(H,30,32). The highest BCUT2D eigenvalue weighted by molar-refractivity contribution is 7.17. The topological polar surface area (TPSA) is 94.8 Å². The third kappa shape index (κ3) is 5.40. The maximum absolute atomic E-state index is 12.8. The molecule has 37 heavy (non-hydrogen) atoms. The molecular formula is C28H24ClNO6S. The number of hydrogen-bond acceptors (Lipinski definition) is 7. The molecular weight excluding hydrogens is 514 g/mol. The Morgan fingerprint density at radius 1 is 1.08 bits per heavy atom. The first kappa shape index (κ1) is 25.0. The van der Waals surface area contributed by atoms with Gasteiger partial charge in [0.25, 0.3) is 5.91 Å². The number of amides is 1. The van der Waals surface area contributed by atoms with E-state index in [4.69, 9.17) is 25.5 Å². The molecule has 0 fully saturated rings. The van der Waals surface area contributed by atoms with Crippen molar-refractivity contribution in [2.24, 2.45) is 0 Å². The average Bonchev–Trinajstić information content (AvgIpc) is 3.26. The molecule has 2 heterocycles. The summed E-state index contributed by atoms with van der Waals surface area (Å²) >= 11 is 7.36. The zero-order chi connectivity index (χ0) is 25.9. The average molecular weight is 538 g/mol. The lowest BCUT2D eigenvalue weighted by Gasteiger charge is -2.12. The second kappa shape index (κ2) is 10.8. The van der Waals surface area contributed by atoms with Gasteiger partial charge in [0.1, 0.15) is 22.1 Å². The van der Waals surface area contributed by atoms with Crippen LogP contribution in [0.1, 0.15) is 40.6 Å². The summed E-state index contributed by atoms with van der Waals surface area (Å²) in [6.07, 6.45) is 3.75. The third-order valence-corrected chi connectivity index (χ3v) is 7.56. The number of aryl methyl sites for hydroxylation is 1. The van der Waals surface area contributed by atoms with Crippen LogP contribution in [0.5, 0.6) is 5.75 Å². The molecule has 0 saturated heterocycles. The van der Waals surface area contributed by atoms with Crippen LogP contribution in [0.15, 0.2) is 57.7 Å². The minimum atomic E-state index is -0.419. The van der Waals surface area contributed by atoms with Gasteiger partial charge in [-0.1, -0.05) is 11.6 Å². The Morgan fingerprint density at radius 3 is 2.65 bits per heavy atom. The van der Waals surface area contributed by atoms with E-state index in [1.54, 1.807) is 49.4 Å². The fraction of sp³-hybridized carbons (Fsp3) is 0.250. The van der Waals surface area contributed by atoms with Gasteiger partial charge < -0.3 is 19.2 Å². The van der Waals surface area contributed by atoms with E-state index in [2.05, 4.69) is 5.32 Å². The summed E-state index contributed by atoms with van der Waals surface area (Å²) in [6, 6.07) is 13.2. The summed E-state index contributed by atoms with van der Waals surface area (Å²) in [5.41, 5.74) is 2.33. The molecule has 2 aromatic heterocycles. The summed E-state index contributed by atoms with van der Waals surface area (Å²) in [4.78, 5) is 39.2. The molecule has 0 spiro atoms. The van der Waals surface area contributed by atoms with E-state index in [0.29, 0.717) is 38.1 Å². The number of nitrogens with one attached hydrogen (secondary N) is 1. The number of halogens is 1. The molecule has 0 bridgehead atoms. The lowest BCUT2D eigenvalue weighted by atomic mass is 9.95. The fourth-order valence-electron chi connectivity index (χ4n) is 4.37. The minimum Gasteiger partial charge on any atom is -0.484 e. The van der Waals surface area contributed by atoms with E-state index in [0.717, 1.165) is 41.7 Å². The monoisotopic (exact) mass is 537 g/mol. The van der Waals surface area contributed by atoms with E-state index in [1.165, 1.54) is 17.4 Å². The highest BCUT2D eigenvalue weighted by atomic mass is 35.5. The molecule has 0 unspecified atom stereocenters. The smallest absolute Gasteiger partial charge is 0.341 e. The van der Waals surface area contributed by atoms with Crippen molar-refractivity contribution < 1.29 is 23.5 Å². The Balaban J connectivity index is 1.31. The van der Waals surface area contributed by atoms with Crippen LogP contribution < -0.4 is 15.5 Å². The van der Waals surface area contributed by atoms with Gasteiger partial charge in [-0.3, -0.25) is 9.59 Å². The van der Waals surface area contributed by atoms with Crippen molar-refractivity contribution in [1.29, 1.82) is 0 Å². The van der Waals surface area contributed by atoms with Crippen LogP contribution in [0.4, 0.5) is 5.00 Å². The van der Waals surface area contributed by atoms with Gasteiger partial charge in [0.2, 0.25) is 0 Å². The largest absolute Gasteiger partial charge is 0.484 e. The maximum atomic E-state index is 12.8. The van der Waals surface area contributed by atoms with Gasteiger partial charge in [0.15, 0.2) is 12.0 Å². The molecule has 1 aliphatic rings. The van der Waals surface area contributed by atoms with Crippen molar-refractivity contribution in [3.63, 3.8) is 0 Å². The molecule has 7 nitrogen and oxygen atoms in total. The van der Waals surface area contributed by atoms with Gasteiger partial charge in [-0.15, -0.1) is 11.3 Å². The minimum absolute atomic E-state index is 0.232. The molecule has 9 heteroatoms. The van der Waals surface area contributed by atoms with Crippen molar-refractivity contribution in [1.82, 2.24) is 0 Å². The zero-order valence-electron chi connectivity index (χ0n) is 20.1. The molecule has 4 aromatic rings. The summed E-state index contributed by atoms with van der Waals surface area (Å²) in [5.74, 6) is -0.0461. The Kier molecular flexibility index (Phi) is 7.30. The van der Waals surface area contributed by atoms with Gasteiger partial charge >= 0.3 is 5.97 Å². The van der Waals surface area contributed by atoms with E-state index in [-0.39, 0.29) is 18.6 Å². The molecule has 1 amide bonds. The summed E-state index contributed by atoms with van der Waals surface area (Å²) in [5, 5.41) is 4.24. The quantitative estimate of drug-likeness (QED) is 0.280. The van der Waals surface area contributed by atoms with Crippen molar-refractivity contribution in [3.8, 4) is 17.1 Å².